The quantitative estimate of drug-likeness (QED) is 0.460. The van der Waals surface area contributed by atoms with Crippen LogP contribution in [0.15, 0.2) is 41.1 Å². The van der Waals surface area contributed by atoms with Crippen LogP contribution in [-0.2, 0) is 15.7 Å². The normalized spacial score (nSPS) is 12.3. The number of nitrogens with zero attached hydrogens (tertiary/aromatic N) is 1. The zero-order valence-corrected chi connectivity index (χ0v) is 15.4. The van der Waals surface area contributed by atoms with Gasteiger partial charge in [0.25, 0.3) is 0 Å². The number of furan rings is 1. The smallest absolute Gasteiger partial charge is 0.416 e. The number of fused-ring (bicyclic) bond motifs is 1. The molecule has 0 radical (unpaired) electrons. The average molecular weight is 400 g/mol. The number of hydrogen-bond donors (Lipinski definition) is 0. The number of aromatic nitrogens is 1. The Kier molecular flexibility index (Phi) is 5.74. The molecule has 0 saturated carbocycles. The van der Waals surface area contributed by atoms with E-state index in [4.69, 9.17) is 25.5 Å². The van der Waals surface area contributed by atoms with Gasteiger partial charge in [-0.15, -0.1) is 0 Å². The lowest BCUT2D eigenvalue weighted by molar-refractivity contribution is -0.150. The Morgan fingerprint density at radius 1 is 1.07 bits per heavy atom. The Labute approximate surface area is 158 Å². The molecule has 0 aliphatic carbocycles. The van der Waals surface area contributed by atoms with E-state index < -0.39 is 18.0 Å². The largest absolute Gasteiger partial charge is 0.455 e. The predicted molar refractivity (Wildman–Crippen MR) is 95.5 cm³/mol. The van der Waals surface area contributed by atoms with E-state index >= 15 is 0 Å². The first kappa shape index (κ1) is 19.7. The first-order chi connectivity index (χ1) is 12.8. The SMILES string of the molecule is CCOC(OCC)c1cc2cncc(-c3cc(C(F)(F)F)ccc3Cl)c2o1. The number of rotatable bonds is 6. The van der Waals surface area contributed by atoms with E-state index in [0.717, 1.165) is 12.1 Å². The molecule has 8 heteroatoms. The van der Waals surface area contributed by atoms with Crippen LogP contribution in [0, 0.1) is 0 Å². The topological polar surface area (TPSA) is 44.5 Å². The Morgan fingerprint density at radius 3 is 2.41 bits per heavy atom. The van der Waals surface area contributed by atoms with Crippen molar-refractivity contribution in [2.75, 3.05) is 13.2 Å². The summed E-state index contributed by atoms with van der Waals surface area (Å²) in [6.45, 7) is 4.46. The molecule has 0 bridgehead atoms. The molecule has 2 heterocycles. The number of hydrogen-bond acceptors (Lipinski definition) is 4. The van der Waals surface area contributed by atoms with Crippen molar-refractivity contribution in [3.63, 3.8) is 0 Å². The molecule has 0 atom stereocenters. The maximum absolute atomic E-state index is 13.1. The maximum Gasteiger partial charge on any atom is 0.416 e. The lowest BCUT2D eigenvalue weighted by atomic mass is 10.0. The van der Waals surface area contributed by atoms with Gasteiger partial charge in [0.15, 0.2) is 5.76 Å². The van der Waals surface area contributed by atoms with Crippen molar-refractivity contribution in [3.05, 3.63) is 53.0 Å². The van der Waals surface area contributed by atoms with E-state index in [-0.39, 0.29) is 10.6 Å². The van der Waals surface area contributed by atoms with Gasteiger partial charge < -0.3 is 13.9 Å². The van der Waals surface area contributed by atoms with Crippen LogP contribution in [0.1, 0.15) is 31.5 Å². The van der Waals surface area contributed by atoms with E-state index in [1.165, 1.54) is 12.3 Å². The number of halogens is 4. The minimum absolute atomic E-state index is 0.168. The zero-order chi connectivity index (χ0) is 19.6. The van der Waals surface area contributed by atoms with Crippen LogP contribution >= 0.6 is 11.6 Å². The van der Waals surface area contributed by atoms with Crippen LogP contribution < -0.4 is 0 Å². The van der Waals surface area contributed by atoms with Gasteiger partial charge in [-0.1, -0.05) is 11.6 Å². The first-order valence-corrected chi connectivity index (χ1v) is 8.70. The summed E-state index contributed by atoms with van der Waals surface area (Å²) in [5.41, 5.74) is 0.120. The highest BCUT2D eigenvalue weighted by molar-refractivity contribution is 6.33. The highest BCUT2D eigenvalue weighted by atomic mass is 35.5. The maximum atomic E-state index is 13.1. The van der Waals surface area contributed by atoms with Gasteiger partial charge in [0.05, 0.1) is 5.56 Å². The third-order valence-electron chi connectivity index (χ3n) is 3.89. The molecule has 0 fully saturated rings. The zero-order valence-electron chi connectivity index (χ0n) is 14.6. The summed E-state index contributed by atoms with van der Waals surface area (Å²) in [5.74, 6) is 0.408. The van der Waals surface area contributed by atoms with Crippen molar-refractivity contribution in [2.24, 2.45) is 0 Å². The van der Waals surface area contributed by atoms with Crippen LogP contribution in [0.5, 0.6) is 0 Å². The Morgan fingerprint density at radius 2 is 1.78 bits per heavy atom. The lowest BCUT2D eigenvalue weighted by Gasteiger charge is -2.14. The second-order valence-corrected chi connectivity index (χ2v) is 6.10. The third-order valence-corrected chi connectivity index (χ3v) is 4.22. The van der Waals surface area contributed by atoms with Crippen LogP contribution in [0.3, 0.4) is 0 Å². The molecule has 1 aromatic carbocycles. The molecule has 0 aliphatic heterocycles. The van der Waals surface area contributed by atoms with Crippen LogP contribution in [0.2, 0.25) is 5.02 Å². The number of benzene rings is 1. The fourth-order valence-electron chi connectivity index (χ4n) is 2.71. The minimum Gasteiger partial charge on any atom is -0.455 e. The van der Waals surface area contributed by atoms with Crippen molar-refractivity contribution >= 4 is 22.6 Å². The summed E-state index contributed by atoms with van der Waals surface area (Å²) in [4.78, 5) is 4.11. The molecule has 0 spiro atoms. The molecule has 0 saturated heterocycles. The molecule has 0 aliphatic rings. The van der Waals surface area contributed by atoms with Gasteiger partial charge in [0.1, 0.15) is 5.58 Å². The number of ether oxygens (including phenoxy) is 2. The summed E-state index contributed by atoms with van der Waals surface area (Å²) in [5, 5.41) is 0.779. The van der Waals surface area contributed by atoms with Crippen molar-refractivity contribution in [3.8, 4) is 11.1 Å². The van der Waals surface area contributed by atoms with Crippen molar-refractivity contribution in [2.45, 2.75) is 26.3 Å². The molecule has 27 heavy (non-hydrogen) atoms. The van der Waals surface area contributed by atoms with Crippen molar-refractivity contribution in [1.82, 2.24) is 4.98 Å². The second kappa shape index (κ2) is 7.88. The second-order valence-electron chi connectivity index (χ2n) is 5.69. The van der Waals surface area contributed by atoms with E-state index in [1.54, 1.807) is 12.3 Å². The Balaban J connectivity index is 2.13. The molecular formula is C19H17ClF3NO3. The molecule has 0 amide bonds. The van der Waals surface area contributed by atoms with Gasteiger partial charge in [-0.2, -0.15) is 13.2 Å². The Hall–Kier alpha value is -2.09. The molecule has 3 aromatic rings. The monoisotopic (exact) mass is 399 g/mol. The number of alkyl halides is 3. The first-order valence-electron chi connectivity index (χ1n) is 8.32. The lowest BCUT2D eigenvalue weighted by Crippen LogP contribution is -2.07. The predicted octanol–water partition coefficient (Wildman–Crippen LogP) is 6.24. The fraction of sp³-hybridized carbons (Fsp3) is 0.316. The summed E-state index contributed by atoms with van der Waals surface area (Å²) in [6.07, 6.45) is -2.21. The fourth-order valence-corrected chi connectivity index (χ4v) is 2.93. The minimum atomic E-state index is -4.48. The van der Waals surface area contributed by atoms with Gasteiger partial charge in [-0.3, -0.25) is 4.98 Å². The standard InChI is InChI=1S/C19H17ClF3NO3/c1-3-25-18(26-4-2)16-7-11-9-24-10-14(17(11)27-16)13-8-12(19(21,22)23)5-6-15(13)20/h5-10,18H,3-4H2,1-2H3. The molecule has 2 aromatic heterocycles. The van der Waals surface area contributed by atoms with E-state index in [2.05, 4.69) is 4.98 Å². The van der Waals surface area contributed by atoms with Gasteiger partial charge >= 0.3 is 6.18 Å². The number of pyridine rings is 1. The van der Waals surface area contributed by atoms with E-state index in [0.29, 0.717) is 35.5 Å². The third kappa shape index (κ3) is 4.10. The van der Waals surface area contributed by atoms with E-state index in [9.17, 15) is 13.2 Å². The van der Waals surface area contributed by atoms with Crippen LogP contribution in [0.4, 0.5) is 13.2 Å². The van der Waals surface area contributed by atoms with Crippen LogP contribution in [-0.4, -0.2) is 18.2 Å². The molecule has 0 N–H and O–H groups in total. The molecule has 0 unspecified atom stereocenters. The summed E-state index contributed by atoms with van der Waals surface area (Å²) >= 11 is 6.16. The Bertz CT molecular complexity index is 934. The molecule has 4 nitrogen and oxygen atoms in total. The van der Waals surface area contributed by atoms with Gasteiger partial charge in [-0.25, -0.2) is 0 Å². The summed E-state index contributed by atoms with van der Waals surface area (Å²) in [6, 6.07) is 4.84. The summed E-state index contributed by atoms with van der Waals surface area (Å²) in [7, 11) is 0. The van der Waals surface area contributed by atoms with Crippen molar-refractivity contribution in [1.29, 1.82) is 0 Å². The van der Waals surface area contributed by atoms with Gasteiger partial charge in [0, 0.05) is 47.1 Å². The van der Waals surface area contributed by atoms with Crippen LogP contribution in [0.25, 0.3) is 22.1 Å². The average Bonchev–Trinajstić information content (AvgIpc) is 3.05. The van der Waals surface area contributed by atoms with E-state index in [1.807, 2.05) is 13.8 Å². The highest BCUT2D eigenvalue weighted by Crippen LogP contribution is 2.39. The van der Waals surface area contributed by atoms with Crippen molar-refractivity contribution < 1.29 is 27.1 Å². The highest BCUT2D eigenvalue weighted by Gasteiger charge is 2.31. The molecule has 144 valence electrons. The van der Waals surface area contributed by atoms with Gasteiger partial charge in [-0.05, 0) is 38.1 Å². The van der Waals surface area contributed by atoms with Gasteiger partial charge in [0.2, 0.25) is 6.29 Å². The molecule has 3 rings (SSSR count). The summed E-state index contributed by atoms with van der Waals surface area (Å²) < 4.78 is 56.2. The molecular weight excluding hydrogens is 383 g/mol.